The van der Waals surface area contributed by atoms with Gasteiger partial charge in [-0.25, -0.2) is 0 Å². The zero-order valence-electron chi connectivity index (χ0n) is 7.60. The van der Waals surface area contributed by atoms with Gasteiger partial charge in [-0.1, -0.05) is 20.3 Å². The molecule has 1 fully saturated rings. The number of hydrogen-bond donors (Lipinski definition) is 1. The average Bonchev–Trinajstić information content (AvgIpc) is 2.04. The van der Waals surface area contributed by atoms with Crippen LogP contribution in [0, 0.1) is 5.92 Å². The Morgan fingerprint density at radius 2 is 2.00 bits per heavy atom. The lowest BCUT2D eigenvalue weighted by molar-refractivity contribution is 0.0325. The molecule has 1 unspecified atom stereocenters. The van der Waals surface area contributed by atoms with Gasteiger partial charge in [0.05, 0.1) is 0 Å². The molecule has 0 spiro atoms. The predicted octanol–water partition coefficient (Wildman–Crippen LogP) is 1.54. The molecule has 0 aromatic rings. The largest absolute Gasteiger partial charge is 0.381 e. The van der Waals surface area contributed by atoms with Crippen molar-refractivity contribution in [1.82, 2.24) is 0 Å². The van der Waals surface area contributed by atoms with E-state index < -0.39 is 0 Å². The van der Waals surface area contributed by atoms with E-state index in [-0.39, 0.29) is 5.54 Å². The molecule has 0 saturated carbocycles. The van der Waals surface area contributed by atoms with Gasteiger partial charge in [0.25, 0.3) is 0 Å². The van der Waals surface area contributed by atoms with Crippen LogP contribution < -0.4 is 5.73 Å². The van der Waals surface area contributed by atoms with Crippen LogP contribution in [-0.4, -0.2) is 18.8 Å². The molecule has 66 valence electrons. The van der Waals surface area contributed by atoms with Crippen molar-refractivity contribution < 1.29 is 4.74 Å². The Labute approximate surface area is 69.1 Å². The van der Waals surface area contributed by atoms with Crippen molar-refractivity contribution >= 4 is 0 Å². The Kier molecular flexibility index (Phi) is 2.90. The summed E-state index contributed by atoms with van der Waals surface area (Å²) in [6, 6.07) is 0. The second kappa shape index (κ2) is 3.55. The Hall–Kier alpha value is -0.0800. The highest BCUT2D eigenvalue weighted by Gasteiger charge is 2.32. The minimum atomic E-state index is 0.0625. The van der Waals surface area contributed by atoms with Crippen molar-refractivity contribution in [2.75, 3.05) is 13.2 Å². The predicted molar refractivity (Wildman–Crippen MR) is 46.4 cm³/mol. The summed E-state index contributed by atoms with van der Waals surface area (Å²) in [6.07, 6.45) is 3.24. The van der Waals surface area contributed by atoms with Crippen LogP contribution in [0.3, 0.4) is 0 Å². The summed E-state index contributed by atoms with van der Waals surface area (Å²) in [5, 5.41) is 0. The van der Waals surface area contributed by atoms with E-state index in [0.717, 1.165) is 26.1 Å². The van der Waals surface area contributed by atoms with Gasteiger partial charge in [0.2, 0.25) is 0 Å². The molecule has 1 saturated heterocycles. The highest BCUT2D eigenvalue weighted by Crippen LogP contribution is 2.27. The molecule has 0 amide bonds. The molecule has 1 heterocycles. The number of rotatable bonds is 2. The highest BCUT2D eigenvalue weighted by molar-refractivity contribution is 4.90. The van der Waals surface area contributed by atoms with Crippen LogP contribution in [0.4, 0.5) is 0 Å². The number of nitrogens with two attached hydrogens (primary N) is 1. The lowest BCUT2D eigenvalue weighted by Gasteiger charge is -2.38. The monoisotopic (exact) mass is 157 g/mol. The van der Waals surface area contributed by atoms with Crippen LogP contribution in [0.2, 0.25) is 0 Å². The fourth-order valence-corrected chi connectivity index (χ4v) is 1.65. The molecule has 0 bridgehead atoms. The maximum atomic E-state index is 6.23. The second-order valence-electron chi connectivity index (χ2n) is 3.65. The summed E-state index contributed by atoms with van der Waals surface area (Å²) in [5.41, 5.74) is 6.30. The molecular weight excluding hydrogens is 138 g/mol. The van der Waals surface area contributed by atoms with Crippen molar-refractivity contribution in [3.05, 3.63) is 0 Å². The molecule has 1 aliphatic heterocycles. The highest BCUT2D eigenvalue weighted by atomic mass is 16.5. The normalized spacial score (nSPS) is 26.5. The van der Waals surface area contributed by atoms with Crippen molar-refractivity contribution in [1.29, 1.82) is 0 Å². The smallest absolute Gasteiger partial charge is 0.0483 e. The van der Waals surface area contributed by atoms with Gasteiger partial charge in [-0.2, -0.15) is 0 Å². The fourth-order valence-electron chi connectivity index (χ4n) is 1.65. The first-order valence-electron chi connectivity index (χ1n) is 4.55. The molecular formula is C9H19NO. The molecule has 0 aliphatic carbocycles. The first kappa shape index (κ1) is 9.01. The van der Waals surface area contributed by atoms with Crippen molar-refractivity contribution in [3.8, 4) is 0 Å². The lowest BCUT2D eigenvalue weighted by atomic mass is 9.78. The standard InChI is InChI=1S/C9H19NO/c1-3-8(2)9(10)4-6-11-7-5-9/h8H,3-7,10H2,1-2H3. The summed E-state index contributed by atoms with van der Waals surface area (Å²) in [7, 11) is 0. The third kappa shape index (κ3) is 1.94. The summed E-state index contributed by atoms with van der Waals surface area (Å²) < 4.78 is 5.28. The van der Waals surface area contributed by atoms with E-state index in [1.165, 1.54) is 6.42 Å². The van der Waals surface area contributed by atoms with Crippen molar-refractivity contribution in [2.24, 2.45) is 11.7 Å². The third-order valence-corrected chi connectivity index (χ3v) is 3.02. The van der Waals surface area contributed by atoms with E-state index in [2.05, 4.69) is 13.8 Å². The first-order valence-corrected chi connectivity index (χ1v) is 4.55. The summed E-state index contributed by atoms with van der Waals surface area (Å²) in [4.78, 5) is 0. The molecule has 2 heteroatoms. The molecule has 0 aromatic heterocycles. The van der Waals surface area contributed by atoms with Gasteiger partial charge in [0.15, 0.2) is 0 Å². The second-order valence-corrected chi connectivity index (χ2v) is 3.65. The van der Waals surface area contributed by atoms with Gasteiger partial charge in [-0.15, -0.1) is 0 Å². The van der Waals surface area contributed by atoms with E-state index in [1.54, 1.807) is 0 Å². The van der Waals surface area contributed by atoms with Gasteiger partial charge < -0.3 is 10.5 Å². The summed E-state index contributed by atoms with van der Waals surface area (Å²) in [5.74, 6) is 0.631. The number of ether oxygens (including phenoxy) is 1. The van der Waals surface area contributed by atoms with Crippen LogP contribution in [-0.2, 0) is 4.74 Å². The van der Waals surface area contributed by atoms with Gasteiger partial charge >= 0.3 is 0 Å². The molecule has 11 heavy (non-hydrogen) atoms. The number of hydrogen-bond acceptors (Lipinski definition) is 2. The SMILES string of the molecule is CCC(C)C1(N)CCOCC1. The van der Waals surface area contributed by atoms with E-state index in [9.17, 15) is 0 Å². The minimum absolute atomic E-state index is 0.0625. The van der Waals surface area contributed by atoms with E-state index in [1.807, 2.05) is 0 Å². The molecule has 1 atom stereocenters. The van der Waals surface area contributed by atoms with Crippen LogP contribution >= 0.6 is 0 Å². The van der Waals surface area contributed by atoms with Crippen LogP contribution in [0.25, 0.3) is 0 Å². The van der Waals surface area contributed by atoms with Gasteiger partial charge in [0.1, 0.15) is 0 Å². The van der Waals surface area contributed by atoms with Crippen LogP contribution in [0.15, 0.2) is 0 Å². The summed E-state index contributed by atoms with van der Waals surface area (Å²) in [6.45, 7) is 6.14. The van der Waals surface area contributed by atoms with E-state index in [0.29, 0.717) is 5.92 Å². The zero-order valence-corrected chi connectivity index (χ0v) is 7.60. The topological polar surface area (TPSA) is 35.2 Å². The maximum absolute atomic E-state index is 6.23. The van der Waals surface area contributed by atoms with Crippen molar-refractivity contribution in [3.63, 3.8) is 0 Å². The van der Waals surface area contributed by atoms with Gasteiger partial charge in [-0.3, -0.25) is 0 Å². The van der Waals surface area contributed by atoms with E-state index in [4.69, 9.17) is 10.5 Å². The maximum Gasteiger partial charge on any atom is 0.0483 e. The Balaban J connectivity index is 2.49. The third-order valence-electron chi connectivity index (χ3n) is 3.02. The van der Waals surface area contributed by atoms with Gasteiger partial charge in [-0.05, 0) is 18.8 Å². The Morgan fingerprint density at radius 3 is 2.45 bits per heavy atom. The molecule has 0 aromatic carbocycles. The lowest BCUT2D eigenvalue weighted by Crippen LogP contribution is -2.50. The van der Waals surface area contributed by atoms with Crippen LogP contribution in [0.1, 0.15) is 33.1 Å². The Bertz CT molecular complexity index is 119. The quantitative estimate of drug-likeness (QED) is 0.660. The molecule has 0 radical (unpaired) electrons. The summed E-state index contributed by atoms with van der Waals surface area (Å²) >= 11 is 0. The van der Waals surface area contributed by atoms with Crippen LogP contribution in [0.5, 0.6) is 0 Å². The molecule has 1 rings (SSSR count). The first-order chi connectivity index (χ1) is 5.19. The average molecular weight is 157 g/mol. The Morgan fingerprint density at radius 1 is 1.45 bits per heavy atom. The minimum Gasteiger partial charge on any atom is -0.381 e. The van der Waals surface area contributed by atoms with Gasteiger partial charge in [0, 0.05) is 18.8 Å². The van der Waals surface area contributed by atoms with Crippen molar-refractivity contribution in [2.45, 2.75) is 38.6 Å². The van der Waals surface area contributed by atoms with E-state index >= 15 is 0 Å². The zero-order chi connectivity index (χ0) is 8.32. The fraction of sp³-hybridized carbons (Fsp3) is 1.00. The molecule has 2 nitrogen and oxygen atoms in total. The molecule has 2 N–H and O–H groups in total. The molecule has 1 aliphatic rings.